The highest BCUT2D eigenvalue weighted by atomic mass is 31.2. The molecule has 0 aliphatic heterocycles. The number of likely N-dealkylation sites (N-methyl/N-ethyl adjacent to an activating group) is 1. The van der Waals surface area contributed by atoms with E-state index in [9.17, 15) is 19.4 Å². The maximum atomic E-state index is 13.0. The zero-order valence-electron chi connectivity index (χ0n) is 50.7. The monoisotopic (exact) mass is 1080 g/mol. The number of amides is 1. The first-order valence-electron chi connectivity index (χ1n) is 32.3. The number of unbranched alkanes of at least 4 members (excludes halogenated alkanes) is 36. The number of carbonyl (C=O) groups excluding carboxylic acids is 1. The van der Waals surface area contributed by atoms with Gasteiger partial charge in [0.05, 0.1) is 39.9 Å². The van der Waals surface area contributed by atoms with Crippen LogP contribution >= 0.6 is 7.82 Å². The lowest BCUT2D eigenvalue weighted by Gasteiger charge is -2.29. The molecule has 0 fully saturated rings. The number of nitrogens with one attached hydrogen (secondary N) is 1. The molecule has 0 rings (SSSR count). The van der Waals surface area contributed by atoms with Gasteiger partial charge in [0.1, 0.15) is 13.2 Å². The second-order valence-electron chi connectivity index (χ2n) is 23.1. The third kappa shape index (κ3) is 59.6. The Hall–Kier alpha value is -2.06. The Morgan fingerprint density at radius 3 is 1.16 bits per heavy atom. The van der Waals surface area contributed by atoms with Crippen molar-refractivity contribution in [2.75, 3.05) is 40.9 Å². The standard InChI is InChI=1S/C67H125N2O6P/c1-6-8-10-12-14-16-18-20-22-24-25-26-27-28-29-30-31-32-33-34-35-36-37-38-39-40-41-42-43-45-47-49-51-53-55-57-59-61-67(71)68-65(64-75-76(72,73)74-63-62-69(3,4)5)66(70)60-58-56-54-52-50-48-46-44-23-21-19-17-15-13-11-9-7-2/h18,20,23-25,27-28,44,50,52,58,60,65-66,70H,6-17,19,21-22,26,29-43,45-49,51,53-57,59,61-64H2,1-5H3,(H-,68,71,72,73)/b20-18-,25-24-,28-27-,44-23+,52-50+,60-58+. The van der Waals surface area contributed by atoms with Gasteiger partial charge in [-0.15, -0.1) is 0 Å². The lowest BCUT2D eigenvalue weighted by atomic mass is 10.0. The molecule has 76 heavy (non-hydrogen) atoms. The zero-order chi connectivity index (χ0) is 55.6. The van der Waals surface area contributed by atoms with Gasteiger partial charge < -0.3 is 28.8 Å². The molecular weight excluding hydrogens is 960 g/mol. The Balaban J connectivity index is 4.01. The smallest absolute Gasteiger partial charge is 0.268 e. The van der Waals surface area contributed by atoms with E-state index in [4.69, 9.17) is 9.05 Å². The average molecular weight is 1090 g/mol. The number of hydrogen-bond acceptors (Lipinski definition) is 6. The Morgan fingerprint density at radius 1 is 0.461 bits per heavy atom. The van der Waals surface area contributed by atoms with Gasteiger partial charge >= 0.3 is 0 Å². The molecule has 0 heterocycles. The summed E-state index contributed by atoms with van der Waals surface area (Å²) in [6.07, 6.45) is 80.2. The normalized spacial score (nSPS) is 14.2. The first-order chi connectivity index (χ1) is 37.0. The zero-order valence-corrected chi connectivity index (χ0v) is 51.6. The van der Waals surface area contributed by atoms with E-state index in [1.807, 2.05) is 27.2 Å². The second kappa shape index (κ2) is 57.6. The van der Waals surface area contributed by atoms with E-state index in [1.165, 1.54) is 218 Å². The van der Waals surface area contributed by atoms with Crippen molar-refractivity contribution in [1.29, 1.82) is 0 Å². The van der Waals surface area contributed by atoms with Gasteiger partial charge in [-0.1, -0.05) is 279 Å². The minimum absolute atomic E-state index is 0.00963. The van der Waals surface area contributed by atoms with E-state index < -0.39 is 26.6 Å². The van der Waals surface area contributed by atoms with Gasteiger partial charge in [-0.2, -0.15) is 0 Å². The summed E-state index contributed by atoms with van der Waals surface area (Å²) < 4.78 is 23.3. The van der Waals surface area contributed by atoms with Gasteiger partial charge in [0.15, 0.2) is 0 Å². The molecule has 2 N–H and O–H groups in total. The largest absolute Gasteiger partial charge is 0.756 e. The van der Waals surface area contributed by atoms with Crippen molar-refractivity contribution in [1.82, 2.24) is 5.32 Å². The Bertz CT molecular complexity index is 1470. The van der Waals surface area contributed by atoms with Crippen LogP contribution in [0.4, 0.5) is 0 Å². The molecule has 0 aromatic heterocycles. The third-order valence-corrected chi connectivity index (χ3v) is 15.3. The minimum Gasteiger partial charge on any atom is -0.756 e. The average Bonchev–Trinajstić information content (AvgIpc) is 3.38. The molecule has 3 atom stereocenters. The van der Waals surface area contributed by atoms with Gasteiger partial charge in [-0.05, 0) is 83.5 Å². The van der Waals surface area contributed by atoms with Crippen molar-refractivity contribution in [3.63, 3.8) is 0 Å². The molecule has 0 aliphatic carbocycles. The van der Waals surface area contributed by atoms with Crippen molar-refractivity contribution in [2.24, 2.45) is 0 Å². The highest BCUT2D eigenvalue weighted by molar-refractivity contribution is 7.45. The molecule has 0 aliphatic rings. The number of rotatable bonds is 59. The first-order valence-corrected chi connectivity index (χ1v) is 33.8. The van der Waals surface area contributed by atoms with Crippen molar-refractivity contribution < 1.29 is 32.9 Å². The Labute approximate surface area is 472 Å². The number of aliphatic hydroxyl groups excluding tert-OH is 1. The van der Waals surface area contributed by atoms with Crippen LogP contribution in [-0.4, -0.2) is 68.5 Å². The van der Waals surface area contributed by atoms with Crippen LogP contribution in [0, 0.1) is 0 Å². The van der Waals surface area contributed by atoms with Crippen molar-refractivity contribution >= 4 is 13.7 Å². The van der Waals surface area contributed by atoms with Gasteiger partial charge in [0, 0.05) is 6.42 Å². The second-order valence-corrected chi connectivity index (χ2v) is 24.5. The molecule has 1 amide bonds. The number of carbonyl (C=O) groups is 1. The van der Waals surface area contributed by atoms with Gasteiger partial charge in [0.2, 0.25) is 5.91 Å². The predicted molar refractivity (Wildman–Crippen MR) is 330 cm³/mol. The molecule has 0 aromatic rings. The van der Waals surface area contributed by atoms with Crippen molar-refractivity contribution in [2.45, 2.75) is 309 Å². The van der Waals surface area contributed by atoms with Crippen LogP contribution < -0.4 is 10.2 Å². The van der Waals surface area contributed by atoms with Crippen LogP contribution in [0.25, 0.3) is 0 Å². The number of allylic oxidation sites excluding steroid dienone is 11. The van der Waals surface area contributed by atoms with Crippen LogP contribution in [0.15, 0.2) is 72.9 Å². The number of aliphatic hydroxyl groups is 1. The lowest BCUT2D eigenvalue weighted by molar-refractivity contribution is -0.870. The van der Waals surface area contributed by atoms with Crippen LogP contribution in [0.1, 0.15) is 296 Å². The molecule has 0 aromatic carbocycles. The molecule has 8 nitrogen and oxygen atoms in total. The van der Waals surface area contributed by atoms with E-state index in [2.05, 4.69) is 79.9 Å². The summed E-state index contributed by atoms with van der Waals surface area (Å²) in [5.41, 5.74) is 0. The van der Waals surface area contributed by atoms with Gasteiger partial charge in [0.25, 0.3) is 7.82 Å². The number of nitrogens with zero attached hydrogens (tertiary/aromatic N) is 1. The summed E-state index contributed by atoms with van der Waals surface area (Å²) >= 11 is 0. The van der Waals surface area contributed by atoms with E-state index in [-0.39, 0.29) is 12.5 Å². The molecule has 0 radical (unpaired) electrons. The first kappa shape index (κ1) is 73.9. The predicted octanol–water partition coefficient (Wildman–Crippen LogP) is 19.6. The van der Waals surface area contributed by atoms with Crippen molar-refractivity contribution in [3.05, 3.63) is 72.9 Å². The molecule has 9 heteroatoms. The minimum atomic E-state index is -4.61. The fraction of sp³-hybridized carbons (Fsp3) is 0.806. The summed E-state index contributed by atoms with van der Waals surface area (Å²) in [7, 11) is 1.24. The lowest BCUT2D eigenvalue weighted by Crippen LogP contribution is -2.45. The fourth-order valence-corrected chi connectivity index (χ4v) is 10.0. The van der Waals surface area contributed by atoms with E-state index in [0.717, 1.165) is 57.8 Å². The van der Waals surface area contributed by atoms with Crippen LogP contribution in [-0.2, 0) is 18.4 Å². The summed E-state index contributed by atoms with van der Waals surface area (Å²) in [5, 5.41) is 13.9. The molecule has 444 valence electrons. The van der Waals surface area contributed by atoms with Gasteiger partial charge in [-0.3, -0.25) is 9.36 Å². The fourth-order valence-electron chi connectivity index (χ4n) is 9.31. The quantitative estimate of drug-likeness (QED) is 0.0272. The number of phosphoric ester groups is 1. The summed E-state index contributed by atoms with van der Waals surface area (Å²) in [6, 6.07) is -0.911. The highest BCUT2D eigenvalue weighted by Crippen LogP contribution is 2.38. The summed E-state index contributed by atoms with van der Waals surface area (Å²) in [5.74, 6) is -0.209. The molecule has 0 spiro atoms. The number of phosphoric acid groups is 1. The van der Waals surface area contributed by atoms with Crippen LogP contribution in [0.2, 0.25) is 0 Å². The van der Waals surface area contributed by atoms with Crippen molar-refractivity contribution in [3.8, 4) is 0 Å². The number of hydrogen-bond donors (Lipinski definition) is 2. The molecule has 3 unspecified atom stereocenters. The maximum Gasteiger partial charge on any atom is 0.268 e. The summed E-state index contributed by atoms with van der Waals surface area (Å²) in [4.78, 5) is 25.5. The molecule has 0 saturated heterocycles. The molecular formula is C67H125N2O6P. The molecule has 0 saturated carbocycles. The summed E-state index contributed by atoms with van der Waals surface area (Å²) in [6.45, 7) is 4.62. The Kier molecular flexibility index (Phi) is 56.1. The molecule has 0 bridgehead atoms. The van der Waals surface area contributed by atoms with Crippen LogP contribution in [0.3, 0.4) is 0 Å². The van der Waals surface area contributed by atoms with Gasteiger partial charge in [-0.25, -0.2) is 0 Å². The van der Waals surface area contributed by atoms with E-state index in [1.54, 1.807) is 6.08 Å². The van der Waals surface area contributed by atoms with E-state index in [0.29, 0.717) is 17.4 Å². The maximum absolute atomic E-state index is 13.0. The Morgan fingerprint density at radius 2 is 0.776 bits per heavy atom. The SMILES string of the molecule is CCCCCCC/C=C\C/C=C\C/C=C\CCCCCCCCCCCCCCCCCCCCCCCCC(=O)NC(COP(=O)([O-])OCC[N+](C)(C)C)C(O)/C=C/CC/C=C/CC/C=C/CCCCCCCCC. The van der Waals surface area contributed by atoms with E-state index >= 15 is 0 Å². The highest BCUT2D eigenvalue weighted by Gasteiger charge is 2.23. The number of quaternary nitrogens is 1. The topological polar surface area (TPSA) is 108 Å². The third-order valence-electron chi connectivity index (χ3n) is 14.4. The van der Waals surface area contributed by atoms with Crippen LogP contribution in [0.5, 0.6) is 0 Å².